The Balaban J connectivity index is 1.44. The quantitative estimate of drug-likeness (QED) is 0.260. The number of para-hydroxylation sites is 1. The number of aryl methyl sites for hydroxylation is 2. The first-order valence-corrected chi connectivity index (χ1v) is 11.8. The van der Waals surface area contributed by atoms with Gasteiger partial charge in [-0.3, -0.25) is 0 Å². The predicted molar refractivity (Wildman–Crippen MR) is 142 cm³/mol. The van der Waals surface area contributed by atoms with Gasteiger partial charge in [-0.15, -0.1) is 0 Å². The predicted octanol–water partition coefficient (Wildman–Crippen LogP) is 8.04. The first kappa shape index (κ1) is 21.6. The van der Waals surface area contributed by atoms with E-state index in [9.17, 15) is 0 Å². The molecule has 0 aliphatic heterocycles. The lowest BCUT2D eigenvalue weighted by atomic mass is 10.0. The minimum atomic E-state index is 0.861. The molecular formula is C33H26O. The molecule has 1 aromatic heterocycles. The molecule has 1 heteroatoms. The second-order valence-corrected chi connectivity index (χ2v) is 8.61. The van der Waals surface area contributed by atoms with Crippen molar-refractivity contribution >= 4 is 21.9 Å². The van der Waals surface area contributed by atoms with Gasteiger partial charge in [0.05, 0.1) is 0 Å². The van der Waals surface area contributed by atoms with Crippen LogP contribution in [0.25, 0.3) is 21.9 Å². The van der Waals surface area contributed by atoms with Crippen molar-refractivity contribution in [2.45, 2.75) is 33.1 Å². The molecule has 0 atom stereocenters. The van der Waals surface area contributed by atoms with Crippen LogP contribution in [-0.2, 0) is 6.42 Å². The number of hydrogen-bond donors (Lipinski definition) is 0. The van der Waals surface area contributed by atoms with Gasteiger partial charge in [-0.05, 0) is 73.4 Å². The molecule has 4 aromatic carbocycles. The first-order chi connectivity index (χ1) is 16.7. The second kappa shape index (κ2) is 9.74. The average molecular weight is 439 g/mol. The molecule has 1 heterocycles. The van der Waals surface area contributed by atoms with Crippen molar-refractivity contribution < 1.29 is 4.42 Å². The molecule has 0 unspecified atom stereocenters. The summed E-state index contributed by atoms with van der Waals surface area (Å²) in [5.41, 5.74) is 8.14. The number of rotatable bonds is 3. The van der Waals surface area contributed by atoms with Gasteiger partial charge in [0, 0.05) is 33.0 Å². The summed E-state index contributed by atoms with van der Waals surface area (Å²) in [6, 6.07) is 29.0. The summed E-state index contributed by atoms with van der Waals surface area (Å²) >= 11 is 0. The maximum absolute atomic E-state index is 6.02. The van der Waals surface area contributed by atoms with Gasteiger partial charge in [0.2, 0.25) is 0 Å². The molecule has 0 radical (unpaired) electrons. The van der Waals surface area contributed by atoms with E-state index >= 15 is 0 Å². The SMILES string of the molecule is CCCCc1ccc(C#Cc2c(C)cccc2C#Cc2ccc3c(c2)oc2ccccc23)cc1. The molecule has 34 heavy (non-hydrogen) atoms. The van der Waals surface area contributed by atoms with E-state index in [2.05, 4.69) is 86.1 Å². The van der Waals surface area contributed by atoms with Crippen LogP contribution in [-0.4, -0.2) is 0 Å². The topological polar surface area (TPSA) is 13.1 Å². The Morgan fingerprint density at radius 2 is 1.44 bits per heavy atom. The Morgan fingerprint density at radius 3 is 2.29 bits per heavy atom. The Kier molecular flexibility index (Phi) is 6.20. The van der Waals surface area contributed by atoms with E-state index in [4.69, 9.17) is 4.42 Å². The highest BCUT2D eigenvalue weighted by molar-refractivity contribution is 6.05. The van der Waals surface area contributed by atoms with E-state index in [1.54, 1.807) is 0 Å². The van der Waals surface area contributed by atoms with E-state index in [0.717, 1.165) is 56.2 Å². The van der Waals surface area contributed by atoms with Crippen LogP contribution in [0.3, 0.4) is 0 Å². The van der Waals surface area contributed by atoms with Gasteiger partial charge >= 0.3 is 0 Å². The molecule has 5 rings (SSSR count). The Hall–Kier alpha value is -4.20. The minimum absolute atomic E-state index is 0.861. The van der Waals surface area contributed by atoms with Crippen LogP contribution in [0.4, 0.5) is 0 Å². The van der Waals surface area contributed by atoms with Crippen LogP contribution in [0.5, 0.6) is 0 Å². The molecular weight excluding hydrogens is 412 g/mol. The molecule has 0 bridgehead atoms. The van der Waals surface area contributed by atoms with Crippen molar-refractivity contribution in [3.63, 3.8) is 0 Å². The van der Waals surface area contributed by atoms with Crippen molar-refractivity contribution in [1.82, 2.24) is 0 Å². The maximum Gasteiger partial charge on any atom is 0.136 e. The molecule has 5 aromatic rings. The van der Waals surface area contributed by atoms with Crippen molar-refractivity contribution in [3.05, 3.63) is 118 Å². The van der Waals surface area contributed by atoms with E-state index in [1.165, 1.54) is 18.4 Å². The molecule has 1 nitrogen and oxygen atoms in total. The molecule has 0 N–H and O–H groups in total. The van der Waals surface area contributed by atoms with Gasteiger partial charge in [0.25, 0.3) is 0 Å². The average Bonchev–Trinajstić information content (AvgIpc) is 3.24. The van der Waals surface area contributed by atoms with E-state index in [0.29, 0.717) is 0 Å². The van der Waals surface area contributed by atoms with Gasteiger partial charge in [0.15, 0.2) is 0 Å². The monoisotopic (exact) mass is 438 g/mol. The Bertz CT molecular complexity index is 1590. The summed E-state index contributed by atoms with van der Waals surface area (Å²) in [6.07, 6.45) is 3.56. The standard InChI is InChI=1S/C33H26O/c1-3-4-9-25-13-15-26(16-14-25)18-21-29-24(2)8-7-10-28(29)20-17-27-19-22-31-30-11-5-6-12-32(30)34-33(31)23-27/h5-8,10-16,19,22-23H,3-4,9H2,1-2H3. The largest absolute Gasteiger partial charge is 0.456 e. The highest BCUT2D eigenvalue weighted by Gasteiger charge is 2.06. The Morgan fingerprint density at radius 1 is 0.676 bits per heavy atom. The Labute approximate surface area is 201 Å². The molecule has 0 amide bonds. The van der Waals surface area contributed by atoms with E-state index < -0.39 is 0 Å². The summed E-state index contributed by atoms with van der Waals surface area (Å²) in [7, 11) is 0. The van der Waals surface area contributed by atoms with Crippen LogP contribution >= 0.6 is 0 Å². The highest BCUT2D eigenvalue weighted by Crippen LogP contribution is 2.28. The molecule has 0 saturated carbocycles. The number of hydrogen-bond acceptors (Lipinski definition) is 1. The third-order valence-corrected chi connectivity index (χ3v) is 6.10. The third-order valence-electron chi connectivity index (χ3n) is 6.10. The smallest absolute Gasteiger partial charge is 0.136 e. The molecule has 0 fully saturated rings. The lowest BCUT2D eigenvalue weighted by Gasteiger charge is -2.02. The van der Waals surface area contributed by atoms with Crippen molar-refractivity contribution in [2.75, 3.05) is 0 Å². The number of benzene rings is 4. The molecule has 0 saturated heterocycles. The molecule has 0 spiro atoms. The van der Waals surface area contributed by atoms with Crippen molar-refractivity contribution in [2.24, 2.45) is 0 Å². The highest BCUT2D eigenvalue weighted by atomic mass is 16.3. The van der Waals surface area contributed by atoms with Gasteiger partial charge in [-0.25, -0.2) is 0 Å². The van der Waals surface area contributed by atoms with Crippen LogP contribution in [0.2, 0.25) is 0 Å². The van der Waals surface area contributed by atoms with Gasteiger partial charge < -0.3 is 4.42 Å². The summed E-state index contributed by atoms with van der Waals surface area (Å²) < 4.78 is 6.02. The summed E-state index contributed by atoms with van der Waals surface area (Å²) in [5.74, 6) is 13.4. The van der Waals surface area contributed by atoms with Crippen LogP contribution in [0, 0.1) is 30.6 Å². The maximum atomic E-state index is 6.02. The van der Waals surface area contributed by atoms with Gasteiger partial charge in [-0.1, -0.05) is 79.5 Å². The number of unbranched alkanes of at least 4 members (excludes halogenated alkanes) is 1. The van der Waals surface area contributed by atoms with Crippen LogP contribution < -0.4 is 0 Å². The second-order valence-electron chi connectivity index (χ2n) is 8.61. The fraction of sp³-hybridized carbons (Fsp3) is 0.152. The molecule has 0 aliphatic rings. The van der Waals surface area contributed by atoms with E-state index in [1.807, 2.05) is 36.4 Å². The first-order valence-electron chi connectivity index (χ1n) is 11.8. The van der Waals surface area contributed by atoms with Crippen LogP contribution in [0.1, 0.15) is 53.1 Å². The molecule has 164 valence electrons. The summed E-state index contributed by atoms with van der Waals surface area (Å²) in [4.78, 5) is 0. The van der Waals surface area contributed by atoms with Gasteiger partial charge in [0.1, 0.15) is 11.2 Å². The minimum Gasteiger partial charge on any atom is -0.456 e. The van der Waals surface area contributed by atoms with Gasteiger partial charge in [-0.2, -0.15) is 0 Å². The number of furan rings is 1. The molecule has 0 aliphatic carbocycles. The number of fused-ring (bicyclic) bond motifs is 3. The van der Waals surface area contributed by atoms with Crippen molar-refractivity contribution in [1.29, 1.82) is 0 Å². The van der Waals surface area contributed by atoms with E-state index in [-0.39, 0.29) is 0 Å². The summed E-state index contributed by atoms with van der Waals surface area (Å²) in [6.45, 7) is 4.31. The third kappa shape index (κ3) is 4.61. The lowest BCUT2D eigenvalue weighted by Crippen LogP contribution is -1.89. The fourth-order valence-electron chi connectivity index (χ4n) is 4.15. The zero-order valence-electron chi connectivity index (χ0n) is 19.6. The zero-order chi connectivity index (χ0) is 23.3. The van der Waals surface area contributed by atoms with Crippen LogP contribution in [0.15, 0.2) is 89.3 Å². The zero-order valence-corrected chi connectivity index (χ0v) is 19.6. The summed E-state index contributed by atoms with van der Waals surface area (Å²) in [5, 5.41) is 2.25. The fourth-order valence-corrected chi connectivity index (χ4v) is 4.15. The lowest BCUT2D eigenvalue weighted by molar-refractivity contribution is 0.669. The normalized spacial score (nSPS) is 10.5. The van der Waals surface area contributed by atoms with Crippen molar-refractivity contribution in [3.8, 4) is 23.7 Å².